The molecule has 3 aliphatic rings. The number of furan rings is 1. The number of nitrogens with zero attached hydrogens (tertiary/aromatic N) is 3. The molecule has 120 heavy (non-hydrogen) atoms. The molecule has 14 rings (SSSR count). The third-order valence-corrected chi connectivity index (χ3v) is 24.3. The predicted octanol–water partition coefficient (Wildman–Crippen LogP) is 34.0. The van der Waals surface area contributed by atoms with Crippen LogP contribution in [0.1, 0.15) is 393 Å². The van der Waals surface area contributed by atoms with E-state index in [9.17, 15) is 0 Å². The van der Waals surface area contributed by atoms with Crippen LogP contribution in [0.25, 0.3) is 60.5 Å². The molecule has 6 nitrogen and oxygen atoms in total. The van der Waals surface area contributed by atoms with Crippen molar-refractivity contribution in [1.29, 1.82) is 0 Å². The van der Waals surface area contributed by atoms with E-state index in [1.807, 2.05) is 17.4 Å². The highest BCUT2D eigenvalue weighted by atomic mass is 32.1. The number of hydrogen-bond acceptors (Lipinski definition) is 6. The standard InChI is InChI=1S/3C17H24.C16H22O.C15H22N2.C15H21NO.C15H21NS.CH4/c1-16(2,3)13-8-9-14-12(11-13)7-10-15(14)17(4,5)6;1-16(2,3)13-9-7-12-8-10-15(14(12)11-13)17(4,5)6;1-16(2,3)14-8-7-12-9-15(17(4,5)6)11-13(12)10-14;1-15(2,3)12-8-7-11-9-14(16(4,5)6)17-13(11)10-12;1-14(2,3)10-7-8-11-12(9-10)17-13(16-11)15(4,5)6;2*1-14(2,3)10-7-8-12-11(9-10)16-13(17-12)15(4,5)6;/h8-11H,7H2,1-6H3;7,9-11H,8H2,1-6H3;7-8,10-11H,9H2,1-6H3;7-10H,1-6H3;7-9H,1-6H3,(H,16,17);2*7-9H,1-6H3;1H4. The second kappa shape index (κ2) is 35.4. The van der Waals surface area contributed by atoms with E-state index in [4.69, 9.17) is 13.8 Å². The van der Waals surface area contributed by atoms with Crippen molar-refractivity contribution >= 4 is 71.9 Å². The second-order valence-corrected chi connectivity index (χ2v) is 49.8. The molecular weight excluding hydrogens is 1480 g/mol. The zero-order valence-corrected chi connectivity index (χ0v) is 83.4. The van der Waals surface area contributed by atoms with E-state index < -0.39 is 0 Å². The molecule has 0 fully saturated rings. The minimum absolute atomic E-state index is 0. The van der Waals surface area contributed by atoms with Gasteiger partial charge < -0.3 is 13.8 Å². The lowest BCUT2D eigenvalue weighted by atomic mass is 9.80. The van der Waals surface area contributed by atoms with Crippen LogP contribution in [0.3, 0.4) is 0 Å². The highest BCUT2D eigenvalue weighted by molar-refractivity contribution is 7.18. The summed E-state index contributed by atoms with van der Waals surface area (Å²) < 4.78 is 13.1. The molecule has 4 heterocycles. The first-order chi connectivity index (χ1) is 53.8. The minimum Gasteiger partial charge on any atom is -0.461 e. The molecule has 1 N–H and O–H groups in total. The quantitative estimate of drug-likeness (QED) is 0.164. The van der Waals surface area contributed by atoms with Crippen LogP contribution in [-0.4, -0.2) is 19.9 Å². The van der Waals surface area contributed by atoms with Crippen LogP contribution in [0.5, 0.6) is 0 Å². The number of fused-ring (bicyclic) bond motifs is 7. The molecule has 3 aliphatic carbocycles. The SMILES string of the molecule is C.CC(C)(C)C1=CCc2cc(C(C)(C)C)ccc21.CC(C)(C)C1=CCc2ccc(C(C)(C)C)cc21.CC(C)(C)C1=Cc2cc(C(C)(C)C)ccc2C1.CC(C)(C)c1ccc2cc(C(C)(C)C)oc2c1.CC(C)(C)c1ccc2nc(C(C)(C)C)[nH]c2c1.CC(C)(C)c1ccc2oc(C(C)(C)C)nc2c1.CC(C)(C)c1ccc2sc(C(C)(C)C)nc2c1. The lowest BCUT2D eigenvalue weighted by Gasteiger charge is -2.25. The Bertz CT molecular complexity index is 5000. The molecule has 0 saturated heterocycles. The van der Waals surface area contributed by atoms with Gasteiger partial charge in [0.1, 0.15) is 22.7 Å². The molecule has 0 bridgehead atoms. The van der Waals surface area contributed by atoms with Gasteiger partial charge in [-0.15, -0.1) is 11.3 Å². The summed E-state index contributed by atoms with van der Waals surface area (Å²) in [5, 5.41) is 2.42. The fourth-order valence-electron chi connectivity index (χ4n) is 14.4. The molecule has 0 atom stereocenters. The zero-order chi connectivity index (χ0) is 89.9. The molecule has 0 unspecified atom stereocenters. The maximum absolute atomic E-state index is 5.97. The average molecular weight is 1640 g/mol. The number of aromatic amines is 1. The Hall–Kier alpha value is -7.87. The summed E-state index contributed by atoms with van der Waals surface area (Å²) >= 11 is 1.81. The number of aromatic nitrogens is 4. The van der Waals surface area contributed by atoms with Gasteiger partial charge in [-0.3, -0.25) is 0 Å². The van der Waals surface area contributed by atoms with Crippen LogP contribution in [0.2, 0.25) is 0 Å². The van der Waals surface area contributed by atoms with Crippen LogP contribution in [0.4, 0.5) is 0 Å². The van der Waals surface area contributed by atoms with E-state index >= 15 is 0 Å². The molecule has 0 aliphatic heterocycles. The van der Waals surface area contributed by atoms with Gasteiger partial charge in [-0.05, 0) is 205 Å². The minimum atomic E-state index is -0.0408. The van der Waals surface area contributed by atoms with Gasteiger partial charge in [-0.25, -0.2) is 15.0 Å². The predicted molar refractivity (Wildman–Crippen MR) is 531 cm³/mol. The van der Waals surface area contributed by atoms with E-state index in [2.05, 4.69) is 451 Å². The molecule has 0 radical (unpaired) electrons. The Labute approximate surface area is 735 Å². The summed E-state index contributed by atoms with van der Waals surface area (Å²) in [5.74, 6) is 2.91. The van der Waals surface area contributed by atoms with Crippen LogP contribution in [-0.2, 0) is 78.8 Å². The van der Waals surface area contributed by atoms with Crippen molar-refractivity contribution in [3.8, 4) is 0 Å². The fourth-order valence-corrected chi connectivity index (χ4v) is 15.4. The summed E-state index contributed by atoms with van der Waals surface area (Å²) in [6, 6.07) is 49.1. The number of allylic oxidation sites excluding steroid dienone is 5. The Balaban J connectivity index is 0.000000193. The van der Waals surface area contributed by atoms with Crippen molar-refractivity contribution in [3.05, 3.63) is 246 Å². The van der Waals surface area contributed by atoms with E-state index in [1.165, 1.54) is 98.6 Å². The lowest BCUT2D eigenvalue weighted by Crippen LogP contribution is -2.13. The summed E-state index contributed by atoms with van der Waals surface area (Å²) in [5.41, 5.74) is 31.7. The summed E-state index contributed by atoms with van der Waals surface area (Å²) in [6.45, 7) is 94.0. The topological polar surface area (TPSA) is 80.7 Å². The van der Waals surface area contributed by atoms with Crippen molar-refractivity contribution in [2.24, 2.45) is 16.2 Å². The molecule has 7 heteroatoms. The monoisotopic (exact) mass is 1640 g/mol. The second-order valence-electron chi connectivity index (χ2n) is 48.7. The normalized spacial score (nSPS) is 14.2. The summed E-state index contributed by atoms with van der Waals surface area (Å²) in [4.78, 5) is 17.5. The first kappa shape index (κ1) is 99.2. The van der Waals surface area contributed by atoms with Crippen LogP contribution in [0, 0.1) is 16.2 Å². The van der Waals surface area contributed by atoms with Gasteiger partial charge in [0.25, 0.3) is 0 Å². The maximum Gasteiger partial charge on any atom is 0.200 e. The maximum atomic E-state index is 5.97. The molecule has 0 amide bonds. The van der Waals surface area contributed by atoms with Crippen LogP contribution >= 0.6 is 11.3 Å². The van der Waals surface area contributed by atoms with Crippen molar-refractivity contribution in [2.45, 2.75) is 377 Å². The molecular formula is C113H162N4O2S. The first-order valence-corrected chi connectivity index (χ1v) is 45.0. The number of imidazole rings is 1. The number of H-pyrrole nitrogens is 1. The van der Waals surface area contributed by atoms with Gasteiger partial charge in [0, 0.05) is 27.0 Å². The Kier molecular flexibility index (Phi) is 29.3. The van der Waals surface area contributed by atoms with E-state index in [0.29, 0.717) is 5.41 Å². The number of nitrogens with one attached hydrogen (secondary N) is 1. The van der Waals surface area contributed by atoms with Gasteiger partial charge in [0.05, 0.1) is 26.3 Å². The molecule has 4 aromatic heterocycles. The van der Waals surface area contributed by atoms with Gasteiger partial charge in [-0.2, -0.15) is 0 Å². The lowest BCUT2D eigenvalue weighted by molar-refractivity contribution is 0.411. The molecule has 11 aromatic rings. The zero-order valence-electron chi connectivity index (χ0n) is 82.6. The van der Waals surface area contributed by atoms with Crippen molar-refractivity contribution in [3.63, 3.8) is 0 Å². The van der Waals surface area contributed by atoms with Gasteiger partial charge >= 0.3 is 0 Å². The van der Waals surface area contributed by atoms with Crippen molar-refractivity contribution in [2.75, 3.05) is 0 Å². The highest BCUT2D eigenvalue weighted by Crippen LogP contribution is 2.45. The van der Waals surface area contributed by atoms with E-state index in [1.54, 1.807) is 5.57 Å². The average Bonchev–Trinajstić information content (AvgIpc) is 1.59. The number of benzene rings is 7. The van der Waals surface area contributed by atoms with Gasteiger partial charge in [-0.1, -0.05) is 407 Å². The molecule has 0 saturated carbocycles. The summed E-state index contributed by atoms with van der Waals surface area (Å²) in [6.07, 6.45) is 10.5. The van der Waals surface area contributed by atoms with E-state index in [0.717, 1.165) is 70.0 Å². The molecule has 7 aromatic carbocycles. The van der Waals surface area contributed by atoms with Crippen LogP contribution in [0.15, 0.2) is 160 Å². The number of rotatable bonds is 0. The Morgan fingerprint density at radius 1 is 0.308 bits per heavy atom. The number of oxazole rings is 1. The first-order valence-electron chi connectivity index (χ1n) is 44.2. The number of thiazole rings is 1. The summed E-state index contributed by atoms with van der Waals surface area (Å²) in [7, 11) is 0. The van der Waals surface area contributed by atoms with Crippen molar-refractivity contribution < 1.29 is 8.83 Å². The third kappa shape index (κ3) is 25.9. The van der Waals surface area contributed by atoms with Gasteiger partial charge in [0.2, 0.25) is 5.89 Å². The molecule has 0 spiro atoms. The van der Waals surface area contributed by atoms with Gasteiger partial charge in [0.15, 0.2) is 5.58 Å². The van der Waals surface area contributed by atoms with Crippen molar-refractivity contribution in [1.82, 2.24) is 19.9 Å². The van der Waals surface area contributed by atoms with E-state index in [-0.39, 0.29) is 77.8 Å². The Morgan fingerprint density at radius 3 is 1.25 bits per heavy atom. The number of hydrogen-bond donors (Lipinski definition) is 1. The highest BCUT2D eigenvalue weighted by Gasteiger charge is 2.32. The largest absolute Gasteiger partial charge is 0.461 e. The third-order valence-electron chi connectivity index (χ3n) is 22.9. The van der Waals surface area contributed by atoms with Crippen LogP contribution < -0.4 is 0 Å². The fraction of sp³-hybridized carbons (Fsp3) is 0.531. The molecule has 652 valence electrons. The smallest absolute Gasteiger partial charge is 0.200 e. The Morgan fingerprint density at radius 2 is 0.750 bits per heavy atom.